The number of hydrogen-bond donors (Lipinski definition) is 2. The molecule has 0 radical (unpaired) electrons. The van der Waals surface area contributed by atoms with Crippen molar-refractivity contribution in [3.05, 3.63) is 108 Å². The largest absolute Gasteiger partial charge is 0.378 e. The predicted octanol–water partition coefficient (Wildman–Crippen LogP) is 4.86. The Kier molecular flexibility index (Phi) is 5.86. The first-order valence-corrected chi connectivity index (χ1v) is 10.6. The molecule has 4 heteroatoms. The van der Waals surface area contributed by atoms with Crippen LogP contribution in [0, 0.1) is 0 Å². The summed E-state index contributed by atoms with van der Waals surface area (Å²) < 4.78 is 0. The topological polar surface area (TPSA) is 52.6 Å². The number of hydrogen-bond acceptors (Lipinski definition) is 2. The number of nitrogens with zero attached hydrogens (tertiary/aromatic N) is 1. The average Bonchev–Trinajstić information content (AvgIpc) is 3.31. The minimum atomic E-state index is -1.27. The van der Waals surface area contributed by atoms with E-state index in [9.17, 15) is 9.90 Å². The van der Waals surface area contributed by atoms with Gasteiger partial charge in [0.05, 0.1) is 12.1 Å². The molecule has 0 saturated carbocycles. The Morgan fingerprint density at radius 2 is 1.43 bits per heavy atom. The first-order chi connectivity index (χ1) is 14.6. The van der Waals surface area contributed by atoms with E-state index in [1.165, 1.54) is 0 Å². The van der Waals surface area contributed by atoms with Crippen molar-refractivity contribution in [2.24, 2.45) is 0 Å². The van der Waals surface area contributed by atoms with Gasteiger partial charge in [-0.2, -0.15) is 0 Å². The number of likely N-dealkylation sites (tertiary alicyclic amines) is 1. The Morgan fingerprint density at radius 3 is 1.97 bits per heavy atom. The number of amides is 2. The summed E-state index contributed by atoms with van der Waals surface area (Å²) in [7, 11) is 0. The Bertz CT molecular complexity index is 921. The van der Waals surface area contributed by atoms with E-state index >= 15 is 0 Å². The van der Waals surface area contributed by atoms with Crippen molar-refractivity contribution in [1.29, 1.82) is 0 Å². The lowest BCUT2D eigenvalue weighted by Crippen LogP contribution is -2.53. The number of carbonyl (C=O) groups excluding carboxylic acids is 1. The van der Waals surface area contributed by atoms with Gasteiger partial charge in [0.1, 0.15) is 5.60 Å². The molecule has 2 atom stereocenters. The third kappa shape index (κ3) is 3.83. The molecule has 1 fully saturated rings. The molecule has 1 aliphatic heterocycles. The van der Waals surface area contributed by atoms with Gasteiger partial charge >= 0.3 is 6.03 Å². The van der Waals surface area contributed by atoms with E-state index in [0.717, 1.165) is 29.5 Å². The van der Waals surface area contributed by atoms with Crippen LogP contribution in [-0.2, 0) is 5.60 Å². The maximum atomic E-state index is 13.3. The van der Waals surface area contributed by atoms with Crippen LogP contribution in [0.15, 0.2) is 91.0 Å². The van der Waals surface area contributed by atoms with Crippen LogP contribution in [-0.4, -0.2) is 28.6 Å². The number of rotatable bonds is 5. The first-order valence-electron chi connectivity index (χ1n) is 10.6. The number of benzene rings is 3. The molecule has 3 aromatic rings. The van der Waals surface area contributed by atoms with Crippen molar-refractivity contribution in [2.75, 3.05) is 6.54 Å². The highest BCUT2D eigenvalue weighted by Gasteiger charge is 2.47. The fourth-order valence-corrected chi connectivity index (χ4v) is 4.47. The van der Waals surface area contributed by atoms with E-state index in [-0.39, 0.29) is 18.1 Å². The van der Waals surface area contributed by atoms with Gasteiger partial charge in [0.25, 0.3) is 0 Å². The molecule has 4 nitrogen and oxygen atoms in total. The lowest BCUT2D eigenvalue weighted by Gasteiger charge is -2.40. The van der Waals surface area contributed by atoms with E-state index in [2.05, 4.69) is 5.32 Å². The highest BCUT2D eigenvalue weighted by atomic mass is 16.3. The predicted molar refractivity (Wildman–Crippen MR) is 119 cm³/mol. The summed E-state index contributed by atoms with van der Waals surface area (Å²) in [5, 5.41) is 15.2. The zero-order valence-corrected chi connectivity index (χ0v) is 17.2. The van der Waals surface area contributed by atoms with Crippen LogP contribution in [0.25, 0.3) is 0 Å². The molecule has 2 N–H and O–H groups in total. The summed E-state index contributed by atoms with van der Waals surface area (Å²) in [6, 6.07) is 28.7. The van der Waals surface area contributed by atoms with E-state index in [4.69, 9.17) is 0 Å². The Balaban J connectivity index is 1.65. The third-order valence-electron chi connectivity index (χ3n) is 6.06. The minimum Gasteiger partial charge on any atom is -0.378 e. The molecule has 2 amide bonds. The van der Waals surface area contributed by atoms with Crippen molar-refractivity contribution >= 4 is 6.03 Å². The second-order valence-electron chi connectivity index (χ2n) is 7.93. The van der Waals surface area contributed by atoms with Crippen LogP contribution < -0.4 is 5.32 Å². The number of urea groups is 1. The Morgan fingerprint density at radius 1 is 0.933 bits per heavy atom. The van der Waals surface area contributed by atoms with E-state index < -0.39 is 5.60 Å². The standard InChI is InChI=1S/C26H28N2O2/c1-20(21-12-5-2-6-13-21)27-25(29)28-19-11-18-24(28)26(30,22-14-7-3-8-15-22)23-16-9-4-10-17-23/h2-10,12-17,20,24,30H,11,18-19H2,1H3,(H,27,29)/t20-,24-/m1/s1. The number of aliphatic hydroxyl groups is 1. The van der Waals surface area contributed by atoms with Gasteiger partial charge in [-0.05, 0) is 36.5 Å². The molecule has 0 aliphatic carbocycles. The fraction of sp³-hybridized carbons (Fsp3) is 0.269. The summed E-state index contributed by atoms with van der Waals surface area (Å²) in [6.07, 6.45) is 1.60. The summed E-state index contributed by atoms with van der Waals surface area (Å²) in [5.41, 5.74) is 1.39. The van der Waals surface area contributed by atoms with Crippen molar-refractivity contribution in [2.45, 2.75) is 37.5 Å². The number of nitrogens with one attached hydrogen (secondary N) is 1. The van der Waals surface area contributed by atoms with E-state index in [0.29, 0.717) is 6.54 Å². The van der Waals surface area contributed by atoms with Gasteiger partial charge in [-0.3, -0.25) is 0 Å². The monoisotopic (exact) mass is 400 g/mol. The van der Waals surface area contributed by atoms with Crippen molar-refractivity contribution in [3.63, 3.8) is 0 Å². The molecular weight excluding hydrogens is 372 g/mol. The maximum Gasteiger partial charge on any atom is 0.318 e. The highest BCUT2D eigenvalue weighted by molar-refractivity contribution is 5.76. The van der Waals surface area contributed by atoms with Crippen molar-refractivity contribution in [1.82, 2.24) is 10.2 Å². The molecule has 3 aromatic carbocycles. The minimum absolute atomic E-state index is 0.110. The second kappa shape index (κ2) is 8.72. The Labute approximate surface area is 178 Å². The van der Waals surface area contributed by atoms with Gasteiger partial charge in [0.2, 0.25) is 0 Å². The summed E-state index contributed by atoms with van der Waals surface area (Å²) in [4.78, 5) is 15.1. The zero-order valence-electron chi connectivity index (χ0n) is 17.2. The van der Waals surface area contributed by atoms with Gasteiger partial charge in [-0.1, -0.05) is 91.0 Å². The molecule has 1 aliphatic rings. The Hall–Kier alpha value is -3.11. The molecule has 0 bridgehead atoms. The van der Waals surface area contributed by atoms with E-state index in [1.807, 2.05) is 97.9 Å². The van der Waals surface area contributed by atoms with E-state index in [1.54, 1.807) is 4.90 Å². The van der Waals surface area contributed by atoms with Crippen LogP contribution in [0.4, 0.5) is 4.79 Å². The molecule has 1 saturated heterocycles. The van der Waals surface area contributed by atoms with Crippen LogP contribution in [0.2, 0.25) is 0 Å². The highest BCUT2D eigenvalue weighted by Crippen LogP contribution is 2.40. The molecule has 1 heterocycles. The summed E-state index contributed by atoms with van der Waals surface area (Å²) in [6.45, 7) is 2.61. The van der Waals surface area contributed by atoms with Gasteiger partial charge < -0.3 is 15.3 Å². The average molecular weight is 401 g/mol. The molecule has 0 aromatic heterocycles. The van der Waals surface area contributed by atoms with Crippen LogP contribution in [0.1, 0.15) is 42.5 Å². The van der Waals surface area contributed by atoms with Crippen LogP contribution in [0.5, 0.6) is 0 Å². The van der Waals surface area contributed by atoms with Gasteiger partial charge in [-0.15, -0.1) is 0 Å². The van der Waals surface area contributed by atoms with Gasteiger partial charge in [0.15, 0.2) is 0 Å². The molecule has 154 valence electrons. The second-order valence-corrected chi connectivity index (χ2v) is 7.93. The first kappa shape index (κ1) is 20.2. The fourth-order valence-electron chi connectivity index (χ4n) is 4.47. The SMILES string of the molecule is C[C@@H](NC(=O)N1CCC[C@@H]1C(O)(c1ccccc1)c1ccccc1)c1ccccc1. The van der Waals surface area contributed by atoms with Crippen molar-refractivity contribution < 1.29 is 9.90 Å². The lowest BCUT2D eigenvalue weighted by atomic mass is 9.79. The van der Waals surface area contributed by atoms with Crippen LogP contribution in [0.3, 0.4) is 0 Å². The zero-order chi connectivity index (χ0) is 21.0. The lowest BCUT2D eigenvalue weighted by molar-refractivity contribution is 0.00834. The molecule has 0 unspecified atom stereocenters. The maximum absolute atomic E-state index is 13.3. The summed E-state index contributed by atoms with van der Waals surface area (Å²) in [5.74, 6) is 0. The molecule has 4 rings (SSSR count). The summed E-state index contributed by atoms with van der Waals surface area (Å²) >= 11 is 0. The normalized spacial score (nSPS) is 17.5. The molecule has 30 heavy (non-hydrogen) atoms. The smallest absolute Gasteiger partial charge is 0.318 e. The molecule has 0 spiro atoms. The van der Waals surface area contributed by atoms with Crippen LogP contribution >= 0.6 is 0 Å². The number of carbonyl (C=O) groups is 1. The molecular formula is C26H28N2O2. The van der Waals surface area contributed by atoms with Gasteiger partial charge in [-0.25, -0.2) is 4.79 Å². The third-order valence-corrected chi connectivity index (χ3v) is 6.06. The van der Waals surface area contributed by atoms with Gasteiger partial charge in [0, 0.05) is 6.54 Å². The quantitative estimate of drug-likeness (QED) is 0.643. The van der Waals surface area contributed by atoms with Crippen molar-refractivity contribution in [3.8, 4) is 0 Å².